The molecule has 0 radical (unpaired) electrons. The molecule has 19 heavy (non-hydrogen) atoms. The van der Waals surface area contributed by atoms with Crippen LogP contribution in [0.3, 0.4) is 0 Å². The minimum Gasteiger partial charge on any atom is -0.386 e. The van der Waals surface area contributed by atoms with Crippen molar-refractivity contribution in [3.05, 3.63) is 35.9 Å². The summed E-state index contributed by atoms with van der Waals surface area (Å²) in [6.07, 6.45) is 3.36. The third-order valence-electron chi connectivity index (χ3n) is 3.20. The number of aliphatic hydroxyl groups is 1. The van der Waals surface area contributed by atoms with Gasteiger partial charge in [0.2, 0.25) is 5.91 Å². The van der Waals surface area contributed by atoms with Crippen LogP contribution in [0.25, 0.3) is 6.08 Å². The second-order valence-electron chi connectivity index (χ2n) is 5.51. The van der Waals surface area contributed by atoms with Crippen molar-refractivity contribution in [2.24, 2.45) is 0 Å². The number of hydrogen-bond acceptors (Lipinski definition) is 3. The maximum atomic E-state index is 11.8. The van der Waals surface area contributed by atoms with E-state index in [1.165, 1.54) is 0 Å². The van der Waals surface area contributed by atoms with Gasteiger partial charge in [-0.1, -0.05) is 12.1 Å². The number of carbonyl (C=O) groups excluding carboxylic acids is 1. The lowest BCUT2D eigenvalue weighted by molar-refractivity contribution is -0.146. The van der Waals surface area contributed by atoms with Crippen molar-refractivity contribution in [1.29, 1.82) is 0 Å². The van der Waals surface area contributed by atoms with Gasteiger partial charge in [-0.2, -0.15) is 0 Å². The predicted molar refractivity (Wildman–Crippen MR) is 77.0 cm³/mol. The number of carbonyl (C=O) groups is 1. The monoisotopic (exact) mass is 260 g/mol. The van der Waals surface area contributed by atoms with E-state index in [2.05, 4.69) is 0 Å². The average molecular weight is 260 g/mol. The molecule has 4 nitrogen and oxygen atoms in total. The maximum absolute atomic E-state index is 11.8. The molecule has 0 saturated carbocycles. The SMILES string of the molecule is CN(C)c1ccc(C=CC(=O)N2CC(C)(O)C2)cc1. The summed E-state index contributed by atoms with van der Waals surface area (Å²) in [5, 5.41) is 9.58. The molecule has 1 amide bonds. The molecule has 1 N–H and O–H groups in total. The molecular weight excluding hydrogens is 240 g/mol. The number of likely N-dealkylation sites (tertiary alicyclic amines) is 1. The highest BCUT2D eigenvalue weighted by Crippen LogP contribution is 2.20. The molecule has 0 aromatic heterocycles. The van der Waals surface area contributed by atoms with E-state index in [4.69, 9.17) is 0 Å². The van der Waals surface area contributed by atoms with E-state index in [0.29, 0.717) is 13.1 Å². The molecule has 0 unspecified atom stereocenters. The van der Waals surface area contributed by atoms with E-state index in [-0.39, 0.29) is 5.91 Å². The summed E-state index contributed by atoms with van der Waals surface area (Å²) in [7, 11) is 3.98. The Morgan fingerprint density at radius 3 is 2.37 bits per heavy atom. The minimum atomic E-state index is -0.711. The smallest absolute Gasteiger partial charge is 0.246 e. The fourth-order valence-corrected chi connectivity index (χ4v) is 2.09. The summed E-state index contributed by atoms with van der Waals surface area (Å²) in [5.41, 5.74) is 1.41. The number of β-amino-alcohol motifs (C(OH)–C–C–N with tert-alkyl or cyclic N) is 1. The quantitative estimate of drug-likeness (QED) is 0.835. The molecule has 1 fully saturated rings. The van der Waals surface area contributed by atoms with Crippen LogP contribution in [0.1, 0.15) is 12.5 Å². The number of benzene rings is 1. The Kier molecular flexibility index (Phi) is 3.62. The Morgan fingerprint density at radius 2 is 1.89 bits per heavy atom. The van der Waals surface area contributed by atoms with E-state index >= 15 is 0 Å². The average Bonchev–Trinajstić information content (AvgIpc) is 2.33. The lowest BCUT2D eigenvalue weighted by atomic mass is 9.97. The summed E-state index contributed by atoms with van der Waals surface area (Å²) >= 11 is 0. The molecule has 1 heterocycles. The molecule has 1 aromatic carbocycles. The molecule has 0 aliphatic carbocycles. The highest BCUT2D eigenvalue weighted by Gasteiger charge is 2.38. The Morgan fingerprint density at radius 1 is 1.32 bits per heavy atom. The summed E-state index contributed by atoms with van der Waals surface area (Å²) in [6, 6.07) is 7.98. The molecular formula is C15H20N2O2. The number of nitrogens with zero attached hydrogens (tertiary/aromatic N) is 2. The first-order chi connectivity index (χ1) is 8.87. The number of anilines is 1. The van der Waals surface area contributed by atoms with Crippen LogP contribution < -0.4 is 4.90 Å². The molecule has 0 spiro atoms. The van der Waals surface area contributed by atoms with Gasteiger partial charge in [0.1, 0.15) is 0 Å². The normalized spacial score (nSPS) is 17.4. The molecule has 1 aromatic rings. The zero-order valence-electron chi connectivity index (χ0n) is 11.6. The van der Waals surface area contributed by atoms with Gasteiger partial charge in [-0.3, -0.25) is 4.79 Å². The Hall–Kier alpha value is -1.81. The summed E-state index contributed by atoms with van der Waals surface area (Å²) in [4.78, 5) is 15.4. The van der Waals surface area contributed by atoms with Gasteiger partial charge in [-0.05, 0) is 30.7 Å². The van der Waals surface area contributed by atoms with Gasteiger partial charge in [-0.15, -0.1) is 0 Å². The molecule has 2 rings (SSSR count). The maximum Gasteiger partial charge on any atom is 0.246 e. The highest BCUT2D eigenvalue weighted by atomic mass is 16.3. The van der Waals surface area contributed by atoms with Crippen molar-refractivity contribution in [3.8, 4) is 0 Å². The van der Waals surface area contributed by atoms with Crippen LogP contribution in [0.4, 0.5) is 5.69 Å². The summed E-state index contributed by atoms with van der Waals surface area (Å²) in [6.45, 7) is 2.56. The van der Waals surface area contributed by atoms with Crippen molar-refractivity contribution in [2.45, 2.75) is 12.5 Å². The van der Waals surface area contributed by atoms with Gasteiger partial charge in [-0.25, -0.2) is 0 Å². The molecule has 0 bridgehead atoms. The fraction of sp³-hybridized carbons (Fsp3) is 0.400. The van der Waals surface area contributed by atoms with E-state index in [1.54, 1.807) is 24.0 Å². The van der Waals surface area contributed by atoms with Crippen molar-refractivity contribution >= 4 is 17.7 Å². The van der Waals surface area contributed by atoms with E-state index in [9.17, 15) is 9.90 Å². The van der Waals surface area contributed by atoms with Crippen molar-refractivity contribution in [2.75, 3.05) is 32.1 Å². The largest absolute Gasteiger partial charge is 0.386 e. The lowest BCUT2D eigenvalue weighted by Gasteiger charge is -2.43. The Balaban J connectivity index is 1.93. The fourth-order valence-electron chi connectivity index (χ4n) is 2.09. The summed E-state index contributed by atoms with van der Waals surface area (Å²) < 4.78 is 0. The van der Waals surface area contributed by atoms with Gasteiger partial charge < -0.3 is 14.9 Å². The van der Waals surface area contributed by atoms with Crippen LogP contribution >= 0.6 is 0 Å². The van der Waals surface area contributed by atoms with Crippen LogP contribution in [-0.4, -0.2) is 48.7 Å². The zero-order chi connectivity index (χ0) is 14.0. The standard InChI is InChI=1S/C15H20N2O2/c1-15(19)10-17(11-15)14(18)9-6-12-4-7-13(8-5-12)16(2)3/h4-9,19H,10-11H2,1-3H3. The lowest BCUT2D eigenvalue weighted by Crippen LogP contribution is -2.61. The molecule has 1 saturated heterocycles. The molecule has 1 aliphatic rings. The van der Waals surface area contributed by atoms with E-state index in [0.717, 1.165) is 11.3 Å². The third kappa shape index (κ3) is 3.35. The van der Waals surface area contributed by atoms with Gasteiger partial charge in [0, 0.05) is 25.9 Å². The van der Waals surface area contributed by atoms with Crippen LogP contribution in [0, 0.1) is 0 Å². The Labute approximate surface area is 113 Å². The molecule has 1 aliphatic heterocycles. The van der Waals surface area contributed by atoms with Crippen LogP contribution in [0.5, 0.6) is 0 Å². The van der Waals surface area contributed by atoms with Crippen LogP contribution in [0.15, 0.2) is 30.3 Å². The van der Waals surface area contributed by atoms with Gasteiger partial charge in [0.25, 0.3) is 0 Å². The van der Waals surface area contributed by atoms with Crippen molar-refractivity contribution < 1.29 is 9.90 Å². The van der Waals surface area contributed by atoms with Crippen molar-refractivity contribution in [1.82, 2.24) is 4.90 Å². The first kappa shape index (κ1) is 13.6. The highest BCUT2D eigenvalue weighted by molar-refractivity contribution is 5.92. The first-order valence-corrected chi connectivity index (χ1v) is 6.34. The number of rotatable bonds is 3. The number of hydrogen-bond donors (Lipinski definition) is 1. The second kappa shape index (κ2) is 5.05. The van der Waals surface area contributed by atoms with Gasteiger partial charge >= 0.3 is 0 Å². The molecule has 0 atom stereocenters. The minimum absolute atomic E-state index is 0.0526. The van der Waals surface area contributed by atoms with Crippen molar-refractivity contribution in [3.63, 3.8) is 0 Å². The predicted octanol–water partition coefficient (Wildman–Crippen LogP) is 1.36. The molecule has 102 valence electrons. The topological polar surface area (TPSA) is 43.8 Å². The third-order valence-corrected chi connectivity index (χ3v) is 3.20. The first-order valence-electron chi connectivity index (χ1n) is 6.34. The van der Waals surface area contributed by atoms with E-state index in [1.807, 2.05) is 43.3 Å². The zero-order valence-corrected chi connectivity index (χ0v) is 11.6. The number of amides is 1. The summed E-state index contributed by atoms with van der Waals surface area (Å²) in [5.74, 6) is -0.0526. The van der Waals surface area contributed by atoms with E-state index < -0.39 is 5.60 Å². The van der Waals surface area contributed by atoms with Gasteiger partial charge in [0.05, 0.1) is 18.7 Å². The van der Waals surface area contributed by atoms with Crippen LogP contribution in [-0.2, 0) is 4.79 Å². The molecule has 4 heteroatoms. The Bertz CT molecular complexity index is 481. The second-order valence-corrected chi connectivity index (χ2v) is 5.51. The van der Waals surface area contributed by atoms with Gasteiger partial charge in [0.15, 0.2) is 0 Å². The van der Waals surface area contributed by atoms with Crippen LogP contribution in [0.2, 0.25) is 0 Å².